The molecule has 0 saturated heterocycles. The molecule has 0 saturated carbocycles. The van der Waals surface area contributed by atoms with Crippen LogP contribution in [0.3, 0.4) is 0 Å². The van der Waals surface area contributed by atoms with Crippen molar-refractivity contribution in [1.29, 1.82) is 0 Å². The molecule has 104 valence electrons. The Bertz CT molecular complexity index is 450. The van der Waals surface area contributed by atoms with E-state index < -0.39 is 5.97 Å². The summed E-state index contributed by atoms with van der Waals surface area (Å²) >= 11 is 1.93. The fourth-order valence-corrected chi connectivity index (χ4v) is 2.83. The van der Waals surface area contributed by atoms with Crippen molar-refractivity contribution in [2.24, 2.45) is 0 Å². The Morgan fingerprint density at radius 2 is 2.37 bits per heavy atom. The van der Waals surface area contributed by atoms with Crippen molar-refractivity contribution in [2.75, 3.05) is 36.1 Å². The van der Waals surface area contributed by atoms with Crippen LogP contribution in [0.25, 0.3) is 0 Å². The predicted octanol–water partition coefficient (Wildman–Crippen LogP) is 2.73. The zero-order valence-corrected chi connectivity index (χ0v) is 11.9. The number of benzene rings is 1. The zero-order valence-electron chi connectivity index (χ0n) is 11.1. The van der Waals surface area contributed by atoms with E-state index in [1.165, 1.54) is 0 Å². The molecule has 1 aliphatic rings. The van der Waals surface area contributed by atoms with E-state index in [0.29, 0.717) is 12.4 Å². The third-order valence-electron chi connectivity index (χ3n) is 3.09. The smallest absolute Gasteiger partial charge is 0.339 e. The van der Waals surface area contributed by atoms with E-state index in [0.717, 1.165) is 36.7 Å². The summed E-state index contributed by atoms with van der Waals surface area (Å²) < 4.78 is 5.55. The lowest BCUT2D eigenvalue weighted by Crippen LogP contribution is -2.34. The standard InChI is InChI=1S/C14H19NO3S/c1-2-19-10-4-7-15-8-9-18-13-11(14(16)17)5-3-6-12(13)15/h3,5-6H,2,4,7-10H2,1H3,(H,16,17). The zero-order chi connectivity index (χ0) is 13.7. The van der Waals surface area contributed by atoms with Gasteiger partial charge in [0, 0.05) is 6.54 Å². The highest BCUT2D eigenvalue weighted by Gasteiger charge is 2.23. The Morgan fingerprint density at radius 1 is 1.53 bits per heavy atom. The average molecular weight is 281 g/mol. The molecule has 1 aliphatic heterocycles. The Hall–Kier alpha value is -1.36. The summed E-state index contributed by atoms with van der Waals surface area (Å²) in [4.78, 5) is 13.4. The Kier molecular flexibility index (Phi) is 4.96. The Morgan fingerprint density at radius 3 is 3.11 bits per heavy atom. The molecule has 5 heteroatoms. The van der Waals surface area contributed by atoms with Crippen LogP contribution in [0.2, 0.25) is 0 Å². The minimum atomic E-state index is -0.930. The normalized spacial score (nSPS) is 13.8. The molecule has 0 spiro atoms. The number of anilines is 1. The largest absolute Gasteiger partial charge is 0.489 e. The molecule has 0 radical (unpaired) electrons. The number of fused-ring (bicyclic) bond motifs is 1. The van der Waals surface area contributed by atoms with Crippen molar-refractivity contribution >= 4 is 23.4 Å². The fraction of sp³-hybridized carbons (Fsp3) is 0.500. The topological polar surface area (TPSA) is 49.8 Å². The van der Waals surface area contributed by atoms with E-state index in [9.17, 15) is 9.90 Å². The molecule has 4 nitrogen and oxygen atoms in total. The maximum atomic E-state index is 11.2. The molecule has 0 aromatic heterocycles. The first-order valence-corrected chi connectivity index (χ1v) is 7.71. The van der Waals surface area contributed by atoms with Crippen molar-refractivity contribution in [3.8, 4) is 5.75 Å². The first-order chi connectivity index (χ1) is 9.24. The third-order valence-corrected chi connectivity index (χ3v) is 4.08. The number of ether oxygens (including phenoxy) is 1. The number of thioether (sulfide) groups is 1. The lowest BCUT2D eigenvalue weighted by molar-refractivity contribution is 0.0692. The van der Waals surface area contributed by atoms with Crippen LogP contribution in [0.5, 0.6) is 5.75 Å². The summed E-state index contributed by atoms with van der Waals surface area (Å²) in [5.41, 5.74) is 1.16. The van der Waals surface area contributed by atoms with Gasteiger partial charge in [-0.15, -0.1) is 0 Å². The second-order valence-electron chi connectivity index (χ2n) is 4.34. The highest BCUT2D eigenvalue weighted by Crippen LogP contribution is 2.35. The Balaban J connectivity index is 2.11. The highest BCUT2D eigenvalue weighted by molar-refractivity contribution is 7.99. The van der Waals surface area contributed by atoms with E-state index in [1.54, 1.807) is 12.1 Å². The minimum absolute atomic E-state index is 0.255. The summed E-state index contributed by atoms with van der Waals surface area (Å²) in [7, 11) is 0. The predicted molar refractivity (Wildman–Crippen MR) is 78.7 cm³/mol. The van der Waals surface area contributed by atoms with Crippen LogP contribution in [-0.4, -0.2) is 42.3 Å². The number of aromatic carboxylic acids is 1. The molecule has 0 unspecified atom stereocenters. The van der Waals surface area contributed by atoms with E-state index in [4.69, 9.17) is 4.74 Å². The number of para-hydroxylation sites is 1. The SMILES string of the molecule is CCSCCCN1CCOc2c(C(=O)O)cccc21. The highest BCUT2D eigenvalue weighted by atomic mass is 32.2. The van der Waals surface area contributed by atoms with Crippen LogP contribution in [0.1, 0.15) is 23.7 Å². The van der Waals surface area contributed by atoms with Gasteiger partial charge >= 0.3 is 5.97 Å². The molecule has 1 aromatic carbocycles. The van der Waals surface area contributed by atoms with Crippen molar-refractivity contribution < 1.29 is 14.6 Å². The molecule has 0 amide bonds. The second-order valence-corrected chi connectivity index (χ2v) is 5.74. The minimum Gasteiger partial charge on any atom is -0.489 e. The molecule has 0 aliphatic carbocycles. The second kappa shape index (κ2) is 6.70. The van der Waals surface area contributed by atoms with Gasteiger partial charge < -0.3 is 14.7 Å². The van der Waals surface area contributed by atoms with Gasteiger partial charge in [0.1, 0.15) is 12.2 Å². The molecular formula is C14H19NO3S. The van der Waals surface area contributed by atoms with Crippen LogP contribution in [0.4, 0.5) is 5.69 Å². The molecule has 0 bridgehead atoms. The van der Waals surface area contributed by atoms with Gasteiger partial charge in [0.25, 0.3) is 0 Å². The molecule has 1 aromatic rings. The number of carboxylic acid groups (broad SMARTS) is 1. The van der Waals surface area contributed by atoms with Crippen molar-refractivity contribution in [1.82, 2.24) is 0 Å². The quantitative estimate of drug-likeness (QED) is 0.813. The first-order valence-electron chi connectivity index (χ1n) is 6.56. The molecule has 1 N–H and O–H groups in total. The molecule has 2 rings (SSSR count). The molecule has 0 atom stereocenters. The van der Waals surface area contributed by atoms with Gasteiger partial charge in [-0.1, -0.05) is 13.0 Å². The number of hydrogen-bond acceptors (Lipinski definition) is 4. The van der Waals surface area contributed by atoms with Crippen LogP contribution in [0, 0.1) is 0 Å². The van der Waals surface area contributed by atoms with Gasteiger partial charge in [0.15, 0.2) is 5.75 Å². The first kappa shape index (κ1) is 14.1. The number of hydrogen-bond donors (Lipinski definition) is 1. The summed E-state index contributed by atoms with van der Waals surface area (Å²) in [6.45, 7) is 4.49. The lowest BCUT2D eigenvalue weighted by atomic mass is 10.1. The number of carbonyl (C=O) groups is 1. The number of nitrogens with zero attached hydrogens (tertiary/aromatic N) is 1. The number of carboxylic acids is 1. The van der Waals surface area contributed by atoms with Gasteiger partial charge in [-0.2, -0.15) is 11.8 Å². The van der Waals surface area contributed by atoms with Gasteiger partial charge in [0.05, 0.1) is 12.2 Å². The van der Waals surface area contributed by atoms with Gasteiger partial charge in [-0.3, -0.25) is 0 Å². The molecular weight excluding hydrogens is 262 g/mol. The van der Waals surface area contributed by atoms with Crippen molar-refractivity contribution in [3.63, 3.8) is 0 Å². The van der Waals surface area contributed by atoms with Crippen molar-refractivity contribution in [2.45, 2.75) is 13.3 Å². The lowest BCUT2D eigenvalue weighted by Gasteiger charge is -2.31. The molecule has 19 heavy (non-hydrogen) atoms. The molecule has 1 heterocycles. The van der Waals surface area contributed by atoms with Crippen LogP contribution in [-0.2, 0) is 0 Å². The summed E-state index contributed by atoms with van der Waals surface area (Å²) in [6, 6.07) is 5.32. The monoisotopic (exact) mass is 281 g/mol. The number of rotatable bonds is 6. The van der Waals surface area contributed by atoms with Gasteiger partial charge in [-0.25, -0.2) is 4.79 Å². The van der Waals surface area contributed by atoms with Crippen LogP contribution in [0.15, 0.2) is 18.2 Å². The van der Waals surface area contributed by atoms with Gasteiger partial charge in [-0.05, 0) is 30.1 Å². The Labute approximate surface area is 117 Å². The maximum absolute atomic E-state index is 11.2. The van der Waals surface area contributed by atoms with Crippen LogP contribution >= 0.6 is 11.8 Å². The third kappa shape index (κ3) is 3.35. The average Bonchev–Trinajstić information content (AvgIpc) is 2.43. The van der Waals surface area contributed by atoms with E-state index in [1.807, 2.05) is 17.8 Å². The van der Waals surface area contributed by atoms with E-state index >= 15 is 0 Å². The van der Waals surface area contributed by atoms with Crippen molar-refractivity contribution in [3.05, 3.63) is 23.8 Å². The molecule has 0 fully saturated rings. The van der Waals surface area contributed by atoms with E-state index in [2.05, 4.69) is 11.8 Å². The fourth-order valence-electron chi connectivity index (χ4n) is 2.21. The summed E-state index contributed by atoms with van der Waals surface area (Å²) in [5, 5.41) is 9.17. The maximum Gasteiger partial charge on any atom is 0.339 e. The van der Waals surface area contributed by atoms with Crippen LogP contribution < -0.4 is 9.64 Å². The van der Waals surface area contributed by atoms with Gasteiger partial charge in [0.2, 0.25) is 0 Å². The summed E-state index contributed by atoms with van der Waals surface area (Å²) in [5.74, 6) is 1.87. The summed E-state index contributed by atoms with van der Waals surface area (Å²) in [6.07, 6.45) is 1.11. The van der Waals surface area contributed by atoms with E-state index in [-0.39, 0.29) is 5.56 Å².